The summed E-state index contributed by atoms with van der Waals surface area (Å²) in [6.07, 6.45) is 2.33. The summed E-state index contributed by atoms with van der Waals surface area (Å²) in [5.41, 5.74) is 0.417. The van der Waals surface area contributed by atoms with Gasteiger partial charge in [-0.3, -0.25) is 4.39 Å². The van der Waals surface area contributed by atoms with E-state index in [9.17, 15) is 4.39 Å². The fourth-order valence-electron chi connectivity index (χ4n) is 1.31. The topological polar surface area (TPSA) is 9.23 Å². The second-order valence-corrected chi connectivity index (χ2v) is 4.83. The molecule has 0 N–H and O–H groups in total. The minimum absolute atomic E-state index is 0.417. The molecule has 0 aliphatic rings. The zero-order chi connectivity index (χ0) is 12.4. The number of rotatable bonds is 4. The molecule has 16 heavy (non-hydrogen) atoms. The van der Waals surface area contributed by atoms with Gasteiger partial charge in [-0.1, -0.05) is 39.0 Å². The molecule has 0 aromatic heterocycles. The van der Waals surface area contributed by atoms with Gasteiger partial charge >= 0.3 is 0 Å². The fraction of sp³-hybridized carbons (Fsp3) is 0.571. The first-order valence-corrected chi connectivity index (χ1v) is 5.64. The van der Waals surface area contributed by atoms with Crippen LogP contribution in [-0.2, 0) is 0 Å². The van der Waals surface area contributed by atoms with Gasteiger partial charge in [0.05, 0.1) is 13.8 Å². The molecular weight excluding hydrogens is 203 g/mol. The van der Waals surface area contributed by atoms with E-state index in [-0.39, 0.29) is 0 Å². The van der Waals surface area contributed by atoms with Crippen LogP contribution in [0.1, 0.15) is 33.6 Å². The molecule has 0 atom stereocenters. The predicted molar refractivity (Wildman–Crippen MR) is 67.7 cm³/mol. The van der Waals surface area contributed by atoms with Gasteiger partial charge in [-0.25, -0.2) is 0 Å². The van der Waals surface area contributed by atoms with Gasteiger partial charge in [0.2, 0.25) is 0 Å². The fourth-order valence-corrected chi connectivity index (χ4v) is 1.31. The van der Waals surface area contributed by atoms with Crippen molar-refractivity contribution < 1.29 is 9.13 Å². The van der Waals surface area contributed by atoms with Crippen LogP contribution in [0.25, 0.3) is 0 Å². The molecule has 1 aromatic carbocycles. The van der Waals surface area contributed by atoms with Gasteiger partial charge in [0.1, 0.15) is 5.75 Å². The van der Waals surface area contributed by atoms with Gasteiger partial charge < -0.3 is 4.74 Å². The number of hydrogen-bond acceptors (Lipinski definition) is 1. The van der Waals surface area contributed by atoms with Gasteiger partial charge in [-0.05, 0) is 30.4 Å². The number of para-hydroxylation sites is 1. The van der Waals surface area contributed by atoms with Crippen LogP contribution in [0.3, 0.4) is 0 Å². The minimum atomic E-state index is 0.417. The molecule has 1 nitrogen and oxygen atoms in total. The Morgan fingerprint density at radius 1 is 1.06 bits per heavy atom. The van der Waals surface area contributed by atoms with E-state index in [1.807, 2.05) is 30.3 Å². The SMILES string of the molecule is CC(C)(C)CCCOc1ccccc1.CF. The summed E-state index contributed by atoms with van der Waals surface area (Å²) >= 11 is 0. The highest BCUT2D eigenvalue weighted by Crippen LogP contribution is 2.20. The van der Waals surface area contributed by atoms with E-state index in [2.05, 4.69) is 20.8 Å². The third-order valence-corrected chi connectivity index (χ3v) is 2.08. The molecule has 0 fully saturated rings. The van der Waals surface area contributed by atoms with Crippen LogP contribution in [0.5, 0.6) is 5.75 Å². The lowest BCUT2D eigenvalue weighted by Crippen LogP contribution is -2.07. The van der Waals surface area contributed by atoms with Gasteiger partial charge in [0, 0.05) is 0 Å². The zero-order valence-electron chi connectivity index (χ0n) is 10.8. The van der Waals surface area contributed by atoms with Crippen molar-refractivity contribution >= 4 is 0 Å². The molecule has 0 saturated carbocycles. The van der Waals surface area contributed by atoms with Crippen molar-refractivity contribution in [1.29, 1.82) is 0 Å². The average Bonchev–Trinajstić information content (AvgIpc) is 2.28. The van der Waals surface area contributed by atoms with E-state index in [1.54, 1.807) is 0 Å². The smallest absolute Gasteiger partial charge is 0.119 e. The van der Waals surface area contributed by atoms with Crippen molar-refractivity contribution in [3.63, 3.8) is 0 Å². The Kier molecular flexibility index (Phi) is 7.61. The van der Waals surface area contributed by atoms with Crippen molar-refractivity contribution in [3.05, 3.63) is 30.3 Å². The molecule has 0 radical (unpaired) electrons. The lowest BCUT2D eigenvalue weighted by molar-refractivity contribution is 0.269. The summed E-state index contributed by atoms with van der Waals surface area (Å²) in [5, 5.41) is 0. The van der Waals surface area contributed by atoms with Crippen LogP contribution in [0.15, 0.2) is 30.3 Å². The molecule has 0 spiro atoms. The van der Waals surface area contributed by atoms with E-state index in [0.717, 1.165) is 18.8 Å². The molecule has 0 bridgehead atoms. The monoisotopic (exact) mass is 226 g/mol. The maximum absolute atomic E-state index is 9.50. The van der Waals surface area contributed by atoms with Gasteiger partial charge in [-0.15, -0.1) is 0 Å². The Morgan fingerprint density at radius 2 is 1.62 bits per heavy atom. The molecule has 0 unspecified atom stereocenters. The van der Waals surface area contributed by atoms with Gasteiger partial charge in [-0.2, -0.15) is 0 Å². The van der Waals surface area contributed by atoms with Crippen molar-refractivity contribution in [2.24, 2.45) is 5.41 Å². The number of hydrogen-bond donors (Lipinski definition) is 0. The first-order chi connectivity index (χ1) is 7.58. The second kappa shape index (κ2) is 8.14. The Balaban J connectivity index is 0.00000106. The number of alkyl halides is 1. The molecule has 0 heterocycles. The average molecular weight is 226 g/mol. The maximum Gasteiger partial charge on any atom is 0.119 e. The largest absolute Gasteiger partial charge is 0.494 e. The van der Waals surface area contributed by atoms with Crippen molar-refractivity contribution in [1.82, 2.24) is 0 Å². The van der Waals surface area contributed by atoms with Crippen LogP contribution in [0.2, 0.25) is 0 Å². The van der Waals surface area contributed by atoms with Crippen LogP contribution >= 0.6 is 0 Å². The number of ether oxygens (including phenoxy) is 1. The Morgan fingerprint density at radius 3 is 2.12 bits per heavy atom. The van der Waals surface area contributed by atoms with E-state index >= 15 is 0 Å². The predicted octanol–water partition coefficient (Wildman–Crippen LogP) is 4.48. The number of halogens is 1. The van der Waals surface area contributed by atoms with E-state index in [0.29, 0.717) is 12.6 Å². The molecular formula is C14H23FO. The van der Waals surface area contributed by atoms with Crippen molar-refractivity contribution in [3.8, 4) is 5.75 Å². The first kappa shape index (κ1) is 14.9. The Bertz CT molecular complexity index is 251. The van der Waals surface area contributed by atoms with Crippen molar-refractivity contribution in [2.75, 3.05) is 13.8 Å². The quantitative estimate of drug-likeness (QED) is 0.688. The molecule has 1 rings (SSSR count). The summed E-state index contributed by atoms with van der Waals surface area (Å²) in [4.78, 5) is 0. The summed E-state index contributed by atoms with van der Waals surface area (Å²) < 4.78 is 15.1. The minimum Gasteiger partial charge on any atom is -0.494 e. The standard InChI is InChI=1S/C13H20O.CH3F/c1-13(2,3)10-7-11-14-12-8-5-4-6-9-12;1-2/h4-6,8-9H,7,10-11H2,1-3H3;1H3. The van der Waals surface area contributed by atoms with Crippen LogP contribution in [-0.4, -0.2) is 13.8 Å². The molecule has 2 heteroatoms. The Hall–Kier alpha value is -1.05. The second-order valence-electron chi connectivity index (χ2n) is 4.83. The third kappa shape index (κ3) is 8.27. The third-order valence-electron chi connectivity index (χ3n) is 2.08. The maximum atomic E-state index is 9.50. The summed E-state index contributed by atoms with van der Waals surface area (Å²) in [6.45, 7) is 7.60. The van der Waals surface area contributed by atoms with Crippen LogP contribution in [0.4, 0.5) is 4.39 Å². The highest BCUT2D eigenvalue weighted by atomic mass is 19.1. The molecule has 0 saturated heterocycles. The number of benzene rings is 1. The van der Waals surface area contributed by atoms with E-state index in [4.69, 9.17) is 4.74 Å². The van der Waals surface area contributed by atoms with Crippen molar-refractivity contribution in [2.45, 2.75) is 33.6 Å². The van der Waals surface area contributed by atoms with Gasteiger partial charge in [0.15, 0.2) is 0 Å². The first-order valence-electron chi connectivity index (χ1n) is 5.64. The van der Waals surface area contributed by atoms with E-state index < -0.39 is 0 Å². The lowest BCUT2D eigenvalue weighted by Gasteiger charge is -2.17. The molecule has 0 aliphatic carbocycles. The highest BCUT2D eigenvalue weighted by Gasteiger charge is 2.08. The molecule has 0 aliphatic heterocycles. The van der Waals surface area contributed by atoms with E-state index in [1.165, 1.54) is 6.42 Å². The summed E-state index contributed by atoms with van der Waals surface area (Å²) in [6, 6.07) is 9.99. The summed E-state index contributed by atoms with van der Waals surface area (Å²) in [5.74, 6) is 0.974. The van der Waals surface area contributed by atoms with Crippen LogP contribution < -0.4 is 4.74 Å². The zero-order valence-corrected chi connectivity index (χ0v) is 10.8. The molecule has 0 amide bonds. The Labute approximate surface area is 98.6 Å². The molecule has 1 aromatic rings. The normalized spacial score (nSPS) is 10.3. The summed E-state index contributed by atoms with van der Waals surface area (Å²) in [7, 11) is 0.500. The lowest BCUT2D eigenvalue weighted by atomic mass is 9.91. The highest BCUT2D eigenvalue weighted by molar-refractivity contribution is 5.20. The van der Waals surface area contributed by atoms with Gasteiger partial charge in [0.25, 0.3) is 0 Å². The molecule has 92 valence electrons. The van der Waals surface area contributed by atoms with Crippen LogP contribution in [0, 0.1) is 5.41 Å².